The van der Waals surface area contributed by atoms with Gasteiger partial charge in [0.2, 0.25) is 0 Å². The highest BCUT2D eigenvalue weighted by Crippen LogP contribution is 2.28. The number of carbonyl (C=O) groups is 1. The number of thiazole rings is 1. The number of aromatic nitrogens is 1. The second kappa shape index (κ2) is 10.8. The van der Waals surface area contributed by atoms with Gasteiger partial charge >= 0.3 is 0 Å². The van der Waals surface area contributed by atoms with Crippen molar-refractivity contribution in [3.63, 3.8) is 0 Å². The second-order valence-corrected chi connectivity index (χ2v) is 9.03. The number of carbonyl (C=O) groups excluding carboxylic acids is 1. The number of rotatable bonds is 9. The molecule has 0 spiro atoms. The van der Waals surface area contributed by atoms with Crippen molar-refractivity contribution < 1.29 is 14.3 Å². The Morgan fingerprint density at radius 3 is 2.63 bits per heavy atom. The molecule has 0 atom stereocenters. The largest absolute Gasteiger partial charge is 0.493 e. The van der Waals surface area contributed by atoms with E-state index in [0.717, 1.165) is 78.8 Å². The van der Waals surface area contributed by atoms with Gasteiger partial charge in [0.25, 0.3) is 5.91 Å². The topological polar surface area (TPSA) is 63.7 Å². The van der Waals surface area contributed by atoms with E-state index in [4.69, 9.17) is 9.47 Å². The molecule has 164 valence electrons. The maximum absolute atomic E-state index is 12.8. The molecule has 1 aliphatic rings. The number of aryl methyl sites for hydroxylation is 2. The summed E-state index contributed by atoms with van der Waals surface area (Å²) < 4.78 is 10.7. The number of nitrogens with zero attached hydrogens (tertiary/aromatic N) is 2. The van der Waals surface area contributed by atoms with Crippen molar-refractivity contribution in [2.24, 2.45) is 0 Å². The number of hydrogen-bond acceptors (Lipinski definition) is 6. The summed E-state index contributed by atoms with van der Waals surface area (Å²) in [5, 5.41) is 4.22. The van der Waals surface area contributed by atoms with E-state index in [1.54, 1.807) is 14.2 Å². The van der Waals surface area contributed by atoms with E-state index in [1.807, 2.05) is 19.1 Å². The Morgan fingerprint density at radius 1 is 1.23 bits per heavy atom. The third-order valence-corrected chi connectivity index (χ3v) is 6.57. The lowest BCUT2D eigenvalue weighted by molar-refractivity contribution is 0.0912. The van der Waals surface area contributed by atoms with E-state index in [0.29, 0.717) is 0 Å². The van der Waals surface area contributed by atoms with Gasteiger partial charge in [-0.3, -0.25) is 9.69 Å². The van der Waals surface area contributed by atoms with E-state index in [-0.39, 0.29) is 11.9 Å². The first kappa shape index (κ1) is 22.6. The minimum absolute atomic E-state index is 0.0463. The number of likely N-dealkylation sites (tertiary alicyclic amines) is 1. The minimum atomic E-state index is 0.0463. The lowest BCUT2D eigenvalue weighted by Gasteiger charge is -2.32. The van der Waals surface area contributed by atoms with Crippen LogP contribution in [-0.4, -0.2) is 49.1 Å². The minimum Gasteiger partial charge on any atom is -0.493 e. The van der Waals surface area contributed by atoms with Crippen LogP contribution in [0.4, 0.5) is 0 Å². The zero-order chi connectivity index (χ0) is 21.5. The van der Waals surface area contributed by atoms with Gasteiger partial charge in [-0.2, -0.15) is 0 Å². The molecule has 1 aromatic heterocycles. The van der Waals surface area contributed by atoms with Gasteiger partial charge in [0.15, 0.2) is 11.5 Å². The Kier molecular flexibility index (Phi) is 8.10. The van der Waals surface area contributed by atoms with Crippen LogP contribution >= 0.6 is 11.3 Å². The Bertz CT molecular complexity index is 844. The van der Waals surface area contributed by atoms with Crippen molar-refractivity contribution in [3.8, 4) is 11.5 Å². The molecule has 3 rings (SSSR count). The second-order valence-electron chi connectivity index (χ2n) is 7.83. The number of hydrogen-bond donors (Lipinski definition) is 1. The summed E-state index contributed by atoms with van der Waals surface area (Å²) in [7, 11) is 3.31. The normalized spacial score (nSPS) is 15.2. The van der Waals surface area contributed by atoms with Crippen molar-refractivity contribution in [2.45, 2.75) is 58.5 Å². The summed E-state index contributed by atoms with van der Waals surface area (Å²) in [6, 6.07) is 6.30. The van der Waals surface area contributed by atoms with Crippen LogP contribution in [0.3, 0.4) is 0 Å². The Balaban J connectivity index is 1.52. The number of ether oxygens (including phenoxy) is 2. The number of unbranched alkanes of at least 4 members (excludes halogenated alkanes) is 1. The Hall–Kier alpha value is -2.12. The Morgan fingerprint density at radius 2 is 1.97 bits per heavy atom. The molecular formula is C23H33N3O3S. The quantitative estimate of drug-likeness (QED) is 0.644. The van der Waals surface area contributed by atoms with E-state index in [2.05, 4.69) is 28.2 Å². The first-order valence-electron chi connectivity index (χ1n) is 10.7. The van der Waals surface area contributed by atoms with Gasteiger partial charge in [-0.15, -0.1) is 11.3 Å². The van der Waals surface area contributed by atoms with Crippen molar-refractivity contribution in [2.75, 3.05) is 27.3 Å². The first-order valence-corrected chi connectivity index (χ1v) is 11.6. The number of piperidine rings is 1. The van der Waals surface area contributed by atoms with Gasteiger partial charge in [-0.1, -0.05) is 19.4 Å². The molecule has 1 aliphatic heterocycles. The molecular weight excluding hydrogens is 398 g/mol. The van der Waals surface area contributed by atoms with E-state index in [9.17, 15) is 4.79 Å². The summed E-state index contributed by atoms with van der Waals surface area (Å²) in [6.45, 7) is 6.93. The zero-order valence-electron chi connectivity index (χ0n) is 18.5. The predicted molar refractivity (Wildman–Crippen MR) is 121 cm³/mol. The lowest BCUT2D eigenvalue weighted by Crippen LogP contribution is -2.44. The van der Waals surface area contributed by atoms with Crippen LogP contribution in [-0.2, 0) is 13.0 Å². The van der Waals surface area contributed by atoms with Crippen LogP contribution in [0.25, 0.3) is 0 Å². The van der Waals surface area contributed by atoms with Crippen molar-refractivity contribution in [1.82, 2.24) is 15.2 Å². The maximum atomic E-state index is 12.8. The third-order valence-electron chi connectivity index (χ3n) is 5.55. The molecule has 1 fully saturated rings. The van der Waals surface area contributed by atoms with Crippen molar-refractivity contribution in [3.05, 3.63) is 39.3 Å². The van der Waals surface area contributed by atoms with Crippen LogP contribution < -0.4 is 14.8 Å². The van der Waals surface area contributed by atoms with E-state index < -0.39 is 0 Å². The predicted octanol–water partition coefficient (Wildman–Crippen LogP) is 4.21. The molecule has 1 N–H and O–H groups in total. The monoisotopic (exact) mass is 431 g/mol. The molecule has 0 saturated carbocycles. The lowest BCUT2D eigenvalue weighted by atomic mass is 10.0. The van der Waals surface area contributed by atoms with Gasteiger partial charge in [-0.05, 0) is 50.3 Å². The summed E-state index contributed by atoms with van der Waals surface area (Å²) in [5.41, 5.74) is 2.17. The molecule has 6 nitrogen and oxygen atoms in total. The molecule has 7 heteroatoms. The van der Waals surface area contributed by atoms with Crippen LogP contribution in [0.5, 0.6) is 11.5 Å². The highest BCUT2D eigenvalue weighted by molar-refractivity contribution is 7.13. The molecule has 1 amide bonds. The number of benzene rings is 1. The molecule has 0 unspecified atom stereocenters. The van der Waals surface area contributed by atoms with Crippen LogP contribution in [0.1, 0.15) is 58.5 Å². The van der Waals surface area contributed by atoms with Gasteiger partial charge < -0.3 is 14.8 Å². The fourth-order valence-electron chi connectivity index (χ4n) is 3.88. The SMILES string of the molecule is CCCCc1nc(C)sc1C(=O)NC1CCN(Cc2ccc(OC)c(OC)c2)CC1. The van der Waals surface area contributed by atoms with Gasteiger partial charge in [0.1, 0.15) is 4.88 Å². The van der Waals surface area contributed by atoms with E-state index in [1.165, 1.54) is 16.9 Å². The molecule has 1 saturated heterocycles. The fourth-order valence-corrected chi connectivity index (χ4v) is 4.75. The van der Waals surface area contributed by atoms with Gasteiger partial charge in [-0.25, -0.2) is 4.98 Å². The van der Waals surface area contributed by atoms with Gasteiger partial charge in [0.05, 0.1) is 24.9 Å². The number of amides is 1. The van der Waals surface area contributed by atoms with E-state index >= 15 is 0 Å². The average molecular weight is 432 g/mol. The molecule has 1 aromatic carbocycles. The van der Waals surface area contributed by atoms with Crippen molar-refractivity contribution >= 4 is 17.2 Å². The molecule has 0 radical (unpaired) electrons. The highest BCUT2D eigenvalue weighted by atomic mass is 32.1. The average Bonchev–Trinajstić information content (AvgIpc) is 3.14. The molecule has 2 aromatic rings. The molecule has 0 aliphatic carbocycles. The fraction of sp³-hybridized carbons (Fsp3) is 0.565. The summed E-state index contributed by atoms with van der Waals surface area (Å²) >= 11 is 1.51. The zero-order valence-corrected chi connectivity index (χ0v) is 19.3. The number of nitrogens with one attached hydrogen (secondary N) is 1. The van der Waals surface area contributed by atoms with Crippen LogP contribution in [0.15, 0.2) is 18.2 Å². The molecule has 0 bridgehead atoms. The van der Waals surface area contributed by atoms with Crippen LogP contribution in [0, 0.1) is 6.92 Å². The third kappa shape index (κ3) is 5.73. The summed E-state index contributed by atoms with van der Waals surface area (Å²) in [5.74, 6) is 1.56. The molecule has 2 heterocycles. The smallest absolute Gasteiger partial charge is 0.263 e. The molecule has 30 heavy (non-hydrogen) atoms. The first-order chi connectivity index (χ1) is 14.5. The van der Waals surface area contributed by atoms with Crippen LogP contribution in [0.2, 0.25) is 0 Å². The highest BCUT2D eigenvalue weighted by Gasteiger charge is 2.24. The summed E-state index contributed by atoms with van der Waals surface area (Å²) in [6.07, 6.45) is 4.98. The standard InChI is InChI=1S/C23H33N3O3S/c1-5-6-7-19-22(30-16(2)24-19)23(27)25-18-10-12-26(13-11-18)15-17-8-9-20(28-3)21(14-17)29-4/h8-9,14,18H,5-7,10-13,15H2,1-4H3,(H,25,27). The maximum Gasteiger partial charge on any atom is 0.263 e. The Labute approximate surface area is 183 Å². The van der Waals surface area contributed by atoms with Crippen molar-refractivity contribution in [1.29, 1.82) is 0 Å². The summed E-state index contributed by atoms with van der Waals surface area (Å²) in [4.78, 5) is 20.6. The van der Waals surface area contributed by atoms with Gasteiger partial charge in [0, 0.05) is 25.7 Å². The number of methoxy groups -OCH3 is 2.